The van der Waals surface area contributed by atoms with Crippen LogP contribution in [0, 0.1) is 5.82 Å². The fourth-order valence-corrected chi connectivity index (χ4v) is 7.15. The molecule has 0 bridgehead atoms. The predicted octanol–water partition coefficient (Wildman–Crippen LogP) is 6.15. The Kier molecular flexibility index (Phi) is 6.80. The van der Waals surface area contributed by atoms with Gasteiger partial charge in [-0.05, 0) is 80.6 Å². The molecule has 0 amide bonds. The largest absolute Gasteiger partial charge is 0.454 e. The van der Waals surface area contributed by atoms with Crippen LogP contribution in [-0.2, 0) is 0 Å². The van der Waals surface area contributed by atoms with Gasteiger partial charge in [0.05, 0.1) is 10.9 Å². The average Bonchev–Trinajstić information content (AvgIpc) is 3.32. The lowest BCUT2D eigenvalue weighted by molar-refractivity contribution is 0.0881. The van der Waals surface area contributed by atoms with Crippen LogP contribution >= 0.6 is 11.3 Å². The van der Waals surface area contributed by atoms with Crippen LogP contribution in [0.25, 0.3) is 21.3 Å². The second-order valence-corrected chi connectivity index (χ2v) is 11.2. The van der Waals surface area contributed by atoms with Crippen LogP contribution in [0.15, 0.2) is 54.9 Å². The smallest absolute Gasteiger partial charge is 0.165 e. The molecular formula is C29H32FN5OS. The molecule has 4 aromatic rings. The van der Waals surface area contributed by atoms with Crippen molar-refractivity contribution >= 4 is 28.1 Å². The number of nitrogens with zero attached hydrogens (tertiary/aromatic N) is 4. The zero-order valence-corrected chi connectivity index (χ0v) is 21.9. The van der Waals surface area contributed by atoms with Crippen molar-refractivity contribution in [1.82, 2.24) is 19.8 Å². The Balaban J connectivity index is 1.24. The molecule has 1 aliphatic heterocycles. The highest BCUT2D eigenvalue weighted by Gasteiger charge is 2.31. The van der Waals surface area contributed by atoms with Gasteiger partial charge in [0.25, 0.3) is 0 Å². The summed E-state index contributed by atoms with van der Waals surface area (Å²) < 4.78 is 19.8. The number of nitrogens with two attached hydrogens (primary N) is 1. The van der Waals surface area contributed by atoms with Crippen molar-refractivity contribution in [2.75, 3.05) is 39.0 Å². The molecular weight excluding hydrogens is 485 g/mol. The molecule has 37 heavy (non-hydrogen) atoms. The molecule has 6 nitrogen and oxygen atoms in total. The van der Waals surface area contributed by atoms with Crippen molar-refractivity contribution in [2.24, 2.45) is 0 Å². The minimum atomic E-state index is -0.382. The molecule has 0 atom stereocenters. The number of fused-ring (bicyclic) bond motifs is 1. The molecule has 2 N–H and O–H groups in total. The molecule has 0 spiro atoms. The summed E-state index contributed by atoms with van der Waals surface area (Å²) in [6.07, 6.45) is 6.38. The second-order valence-electron chi connectivity index (χ2n) is 10.2. The molecule has 1 aliphatic carbocycles. The van der Waals surface area contributed by atoms with Gasteiger partial charge < -0.3 is 15.4 Å². The Morgan fingerprint density at radius 2 is 1.68 bits per heavy atom. The summed E-state index contributed by atoms with van der Waals surface area (Å²) in [7, 11) is 2.21. The number of hydrogen-bond acceptors (Lipinski definition) is 7. The summed E-state index contributed by atoms with van der Waals surface area (Å²) >= 11 is 1.79. The Hall–Kier alpha value is -3.07. The number of benzene rings is 2. The average molecular weight is 518 g/mol. The number of piperazine rings is 1. The minimum absolute atomic E-state index is 0.212. The summed E-state index contributed by atoms with van der Waals surface area (Å²) in [6, 6.07) is 14.9. The quantitative estimate of drug-likeness (QED) is 0.343. The van der Waals surface area contributed by atoms with Gasteiger partial charge in [-0.15, -0.1) is 11.3 Å². The third-order valence-corrected chi connectivity index (χ3v) is 9.24. The van der Waals surface area contributed by atoms with Crippen LogP contribution < -0.4 is 10.5 Å². The van der Waals surface area contributed by atoms with Crippen molar-refractivity contribution in [3.8, 4) is 21.9 Å². The maximum Gasteiger partial charge on any atom is 0.165 e. The number of nitrogen functional groups attached to an aromatic ring is 1. The number of hydrogen-bond donors (Lipinski definition) is 1. The maximum absolute atomic E-state index is 14.0. The van der Waals surface area contributed by atoms with Crippen molar-refractivity contribution < 1.29 is 9.13 Å². The molecule has 2 fully saturated rings. The first-order chi connectivity index (χ1) is 18.1. The first-order valence-corrected chi connectivity index (χ1v) is 13.9. The number of para-hydroxylation sites is 1. The molecule has 8 heteroatoms. The minimum Gasteiger partial charge on any atom is -0.454 e. The van der Waals surface area contributed by atoms with Crippen LogP contribution in [0.3, 0.4) is 0 Å². The van der Waals surface area contributed by atoms with Crippen molar-refractivity contribution in [1.29, 1.82) is 0 Å². The summed E-state index contributed by atoms with van der Waals surface area (Å²) in [5, 5.41) is 0.937. The van der Waals surface area contributed by atoms with Gasteiger partial charge in [0, 0.05) is 42.0 Å². The number of anilines is 1. The zero-order chi connectivity index (χ0) is 25.4. The molecule has 192 valence electrons. The molecule has 6 rings (SSSR count). The highest BCUT2D eigenvalue weighted by molar-refractivity contribution is 7.17. The first kappa shape index (κ1) is 24.3. The SMILES string of the molecule is CN1CCN(C2CCC(c3sc(-c4ccc(Oc5ccccc5F)cc4)c4c(N)ncnc34)CC2)CC1. The van der Waals surface area contributed by atoms with E-state index in [4.69, 9.17) is 15.5 Å². The predicted molar refractivity (Wildman–Crippen MR) is 148 cm³/mol. The number of ether oxygens (including phenoxy) is 1. The fraction of sp³-hybridized carbons (Fsp3) is 0.379. The first-order valence-electron chi connectivity index (χ1n) is 13.0. The molecule has 2 aliphatic rings. The third kappa shape index (κ3) is 4.93. The Morgan fingerprint density at radius 1 is 0.946 bits per heavy atom. The van der Waals surface area contributed by atoms with Gasteiger partial charge in [-0.25, -0.2) is 14.4 Å². The highest BCUT2D eigenvalue weighted by atomic mass is 32.1. The van der Waals surface area contributed by atoms with E-state index in [9.17, 15) is 4.39 Å². The van der Waals surface area contributed by atoms with Crippen molar-refractivity contribution in [3.63, 3.8) is 0 Å². The molecule has 0 radical (unpaired) electrons. The standard InChI is InChI=1S/C29H32FN5OS/c1-34-14-16-35(17-15-34)21-10-6-20(7-11-21)28-26-25(29(31)33-18-32-26)27(37-28)19-8-12-22(13-9-19)36-24-5-3-2-4-23(24)30/h2-5,8-9,12-13,18,20-21H,6-7,10-11,14-17H2,1H3,(H2,31,32,33). The highest BCUT2D eigenvalue weighted by Crippen LogP contribution is 2.47. The van der Waals surface area contributed by atoms with E-state index in [2.05, 4.69) is 21.8 Å². The van der Waals surface area contributed by atoms with Crippen LogP contribution in [-0.4, -0.2) is 59.0 Å². The summed E-state index contributed by atoms with van der Waals surface area (Å²) in [5.41, 5.74) is 8.42. The van der Waals surface area contributed by atoms with E-state index in [0.717, 1.165) is 21.3 Å². The topological polar surface area (TPSA) is 67.5 Å². The van der Waals surface area contributed by atoms with Gasteiger partial charge in [-0.1, -0.05) is 12.1 Å². The van der Waals surface area contributed by atoms with Crippen LogP contribution in [0.1, 0.15) is 36.5 Å². The lowest BCUT2D eigenvalue weighted by Crippen LogP contribution is -2.49. The lowest BCUT2D eigenvalue weighted by Gasteiger charge is -2.41. The molecule has 0 unspecified atom stereocenters. The maximum atomic E-state index is 14.0. The normalized spacial score (nSPS) is 21.4. The van der Waals surface area contributed by atoms with Gasteiger partial charge in [0.2, 0.25) is 0 Å². The number of thiophene rings is 1. The molecule has 3 heterocycles. The van der Waals surface area contributed by atoms with E-state index >= 15 is 0 Å². The van der Waals surface area contributed by atoms with E-state index in [0.29, 0.717) is 23.5 Å². The van der Waals surface area contributed by atoms with Crippen molar-refractivity contribution in [3.05, 3.63) is 65.6 Å². The fourth-order valence-electron chi connectivity index (χ4n) is 5.72. The number of halogens is 1. The van der Waals surface area contributed by atoms with Crippen LogP contribution in [0.5, 0.6) is 11.5 Å². The third-order valence-electron chi connectivity index (χ3n) is 7.85. The van der Waals surface area contributed by atoms with Gasteiger partial charge >= 0.3 is 0 Å². The van der Waals surface area contributed by atoms with Crippen LogP contribution in [0.2, 0.25) is 0 Å². The Bertz CT molecular complexity index is 1380. The van der Waals surface area contributed by atoms with Gasteiger partial charge in [0.1, 0.15) is 17.9 Å². The van der Waals surface area contributed by atoms with Gasteiger partial charge in [0.15, 0.2) is 11.6 Å². The molecule has 1 saturated heterocycles. The van der Waals surface area contributed by atoms with E-state index < -0.39 is 0 Å². The summed E-state index contributed by atoms with van der Waals surface area (Å²) in [6.45, 7) is 4.69. The van der Waals surface area contributed by atoms with E-state index in [1.54, 1.807) is 35.9 Å². The van der Waals surface area contributed by atoms with E-state index in [1.165, 1.54) is 62.8 Å². The molecule has 2 aromatic heterocycles. The number of rotatable bonds is 5. The van der Waals surface area contributed by atoms with E-state index in [1.807, 2.05) is 24.3 Å². The summed E-state index contributed by atoms with van der Waals surface area (Å²) in [5.74, 6) is 1.42. The summed E-state index contributed by atoms with van der Waals surface area (Å²) in [4.78, 5) is 16.5. The van der Waals surface area contributed by atoms with Gasteiger partial charge in [-0.2, -0.15) is 0 Å². The Labute approximate surface area is 220 Å². The second kappa shape index (κ2) is 10.4. The van der Waals surface area contributed by atoms with Gasteiger partial charge in [-0.3, -0.25) is 4.90 Å². The number of aromatic nitrogens is 2. The molecule has 2 aromatic carbocycles. The monoisotopic (exact) mass is 517 g/mol. The zero-order valence-electron chi connectivity index (χ0n) is 21.1. The van der Waals surface area contributed by atoms with E-state index in [-0.39, 0.29) is 11.6 Å². The lowest BCUT2D eigenvalue weighted by atomic mass is 9.84. The van der Waals surface area contributed by atoms with Crippen molar-refractivity contribution in [2.45, 2.75) is 37.6 Å². The number of likely N-dealkylation sites (N-methyl/N-ethyl adjacent to an activating group) is 1. The Morgan fingerprint density at radius 3 is 2.41 bits per heavy atom. The molecule has 1 saturated carbocycles. The van der Waals surface area contributed by atoms with Crippen LogP contribution in [0.4, 0.5) is 10.2 Å².